The second-order valence-electron chi connectivity index (χ2n) is 32.3. The van der Waals surface area contributed by atoms with Gasteiger partial charge in [-0.05, 0) is 109 Å². The molecule has 0 aliphatic rings. The fourth-order valence-electron chi connectivity index (χ4n) is 11.9. The molecule has 0 radical (unpaired) electrons. The average Bonchev–Trinajstić information content (AvgIpc) is 1.72. The lowest BCUT2D eigenvalue weighted by Gasteiger charge is -2.13. The van der Waals surface area contributed by atoms with Crippen LogP contribution in [0.1, 0.15) is 365 Å². The van der Waals surface area contributed by atoms with Crippen molar-refractivity contribution in [3.05, 3.63) is 138 Å². The van der Waals surface area contributed by atoms with E-state index in [1.165, 1.54) is 77.0 Å². The van der Waals surface area contributed by atoms with E-state index in [0.717, 1.165) is 211 Å². The molecule has 0 spiro atoms. The van der Waals surface area contributed by atoms with E-state index in [4.69, 9.17) is 36.2 Å². The molecule has 132 heavy (non-hydrogen) atoms. The maximum absolute atomic E-state index is 11.9. The van der Waals surface area contributed by atoms with Crippen LogP contribution in [0.15, 0.2) is 60.5 Å². The van der Waals surface area contributed by atoms with Crippen LogP contribution in [0.5, 0.6) is 0 Å². The zero-order chi connectivity index (χ0) is 98.6. The molecule has 36 heteroatoms. The van der Waals surface area contributed by atoms with Gasteiger partial charge in [-0.25, -0.2) is 0 Å². The Morgan fingerprint density at radius 3 is 0.629 bits per heavy atom. The molecule has 0 atom stereocenters. The molecule has 0 bridgehead atoms. The van der Waals surface area contributed by atoms with Crippen molar-refractivity contribution in [1.29, 1.82) is 0 Å². The van der Waals surface area contributed by atoms with Crippen LogP contribution in [0, 0.1) is 27.7 Å². The molecular weight excluding hydrogens is 1690 g/mol. The number of hydrogen-bond donors (Lipinski definition) is 8. The topological polar surface area (TPSA) is 454 Å². The van der Waals surface area contributed by atoms with E-state index in [0.29, 0.717) is 84.8 Å². The number of hydrogen-bond acceptors (Lipinski definition) is 28. The van der Waals surface area contributed by atoms with Crippen LogP contribution < -0.4 is 42.5 Å². The number of amides is 8. The van der Waals surface area contributed by atoms with Crippen molar-refractivity contribution in [1.82, 2.24) is 103 Å². The minimum Gasteiger partial charge on any atom is -0.361 e. The van der Waals surface area contributed by atoms with Gasteiger partial charge >= 0.3 is 0 Å². The van der Waals surface area contributed by atoms with E-state index in [1.54, 1.807) is 24.3 Å². The van der Waals surface area contributed by atoms with Crippen molar-refractivity contribution < 1.29 is 74.5 Å². The smallest absolute Gasteiger partial charge is 0.273 e. The molecule has 744 valence electrons. The Labute approximate surface area is 785 Å². The number of unbranched alkanes of at least 4 members (excludes halogenated alkanes) is 14. The minimum absolute atomic E-state index is 0.119. The summed E-state index contributed by atoms with van der Waals surface area (Å²) in [6, 6.07) is 6.75. The first kappa shape index (κ1) is 119. The second-order valence-corrected chi connectivity index (χ2v) is 32.3. The van der Waals surface area contributed by atoms with E-state index in [1.807, 2.05) is 135 Å². The lowest BCUT2D eigenvalue weighted by atomic mass is 10.1. The Bertz CT molecular complexity index is 4410. The number of aryl methyl sites for hydroxylation is 8. The maximum atomic E-state index is 11.9. The molecule has 0 saturated carbocycles. The van der Waals surface area contributed by atoms with Crippen LogP contribution in [-0.4, -0.2) is 242 Å². The summed E-state index contributed by atoms with van der Waals surface area (Å²) in [5.41, 5.74) is 6.54. The summed E-state index contributed by atoms with van der Waals surface area (Å²) < 4.78 is 40.2. The number of nitrogens with one attached hydrogen (secondary N) is 8. The maximum Gasteiger partial charge on any atom is 0.273 e. The van der Waals surface area contributed by atoms with Gasteiger partial charge in [-0.1, -0.05) is 228 Å². The van der Waals surface area contributed by atoms with Crippen LogP contribution in [-0.2, 0) is 51.4 Å². The Morgan fingerprint density at radius 2 is 0.439 bits per heavy atom. The molecule has 0 fully saturated rings. The van der Waals surface area contributed by atoms with Gasteiger partial charge in [0.2, 0.25) is 0 Å². The van der Waals surface area contributed by atoms with Crippen molar-refractivity contribution in [2.75, 3.05) is 134 Å². The third-order valence-corrected chi connectivity index (χ3v) is 20.9. The van der Waals surface area contributed by atoms with Gasteiger partial charge < -0.3 is 98.3 Å². The summed E-state index contributed by atoms with van der Waals surface area (Å²) in [4.78, 5) is 102. The molecular formula is C96H164N20O16. The number of carbonyl (C=O) groups is 8. The number of carbonyl (C=O) groups excluding carboxylic acids is 8. The van der Waals surface area contributed by atoms with Crippen molar-refractivity contribution in [2.45, 2.75) is 292 Å². The normalized spacial score (nSPS) is 10.6. The van der Waals surface area contributed by atoms with E-state index in [-0.39, 0.29) is 47.3 Å². The van der Waals surface area contributed by atoms with Gasteiger partial charge in [0.05, 0.1) is 0 Å². The number of likely N-dealkylation sites (N-methyl/N-ethyl adjacent to an activating group) is 4. The SMILES string of the molecule is CCCCCCCNC(=O)c1cc(CC)on1.CCCCCCCNC(=O)c1noc(CC)c1C.CCCCCCNC(=O)c1cc(CC)on1.CCCCCCNC(=O)c1noc(CC)c1C.CCc1cc(C(=O)NCCN(C)C)no1.CCc1cc(C(=O)NCCN(C)CC)no1.CCc1onc(C(=O)NCCN(C)C)c1C.CCc1onc(C(=O)NCCN(C)CC)c1C. The van der Waals surface area contributed by atoms with E-state index < -0.39 is 0 Å². The Kier molecular flexibility index (Phi) is 65.8. The zero-order valence-corrected chi connectivity index (χ0v) is 84.5. The molecule has 0 unspecified atom stereocenters. The summed E-state index contributed by atoms with van der Waals surface area (Å²) in [6.07, 6.45) is 27.2. The molecule has 8 aromatic heterocycles. The highest BCUT2D eigenvalue weighted by molar-refractivity contribution is 5.96. The third-order valence-electron chi connectivity index (χ3n) is 20.9. The van der Waals surface area contributed by atoms with Crippen LogP contribution >= 0.6 is 0 Å². The van der Waals surface area contributed by atoms with Gasteiger partial charge in [0.15, 0.2) is 45.6 Å². The molecule has 0 saturated heterocycles. The molecule has 8 rings (SSSR count). The van der Waals surface area contributed by atoms with Crippen molar-refractivity contribution in [3.63, 3.8) is 0 Å². The molecule has 0 aliphatic heterocycles. The zero-order valence-electron chi connectivity index (χ0n) is 84.5. The number of nitrogens with zero attached hydrogens (tertiary/aromatic N) is 12. The first-order valence-corrected chi connectivity index (χ1v) is 48.0. The molecule has 36 nitrogen and oxygen atoms in total. The lowest BCUT2D eigenvalue weighted by molar-refractivity contribution is 0.0932. The Hall–Kier alpha value is -10.7. The number of rotatable bonds is 52. The highest BCUT2D eigenvalue weighted by atomic mass is 16.5. The Balaban J connectivity index is 0.000000755. The predicted octanol–water partition coefficient (Wildman–Crippen LogP) is 15.1. The summed E-state index contributed by atoms with van der Waals surface area (Å²) in [7, 11) is 11.9. The summed E-state index contributed by atoms with van der Waals surface area (Å²) in [5, 5.41) is 52.7. The standard InChI is InChI=1S/C14H24N2O2.2C13H22N2O2.C12H21N3O2.C12H20N2O2.2C11H19N3O2.C10H17N3O2/c1-4-6-7-8-9-10-15-14(17)13-11(3)12(5-2)18-16-13;1-4-6-7-8-9-14-13(16)12-10(3)11(5-2)17-15-12;1-3-5-6-7-8-9-14-13(16)12-10-11(4-2)17-15-12;1-5-10-9(3)11(14-17-10)12(16)13-7-8-15(4)6-2;1-3-5-6-7-8-13-12(15)11-9-10(4-2)16-14-11;1-5-9-8(2)10(13-16-9)11(15)12-6-7-14(3)4;1-4-9-8-10(13-16-9)11(15)12-6-7-14(3)5-2;1-4-8-7-9(12-15-8)10(14)11-5-6-13(2)3/h4-10H2,1-3H3,(H,15,17);4-9H2,1-3H3,(H,14,16);10H,3-9H2,1-2H3,(H,14,16);5-8H2,1-4H3,(H,13,16);9H,3-8H2,1-2H3,(H,13,15);5-7H2,1-4H3,(H,12,15);8H,4-7H2,1-3H3,(H,12,15);7H,4-6H2,1-3H3,(H,11,14). The van der Waals surface area contributed by atoms with E-state index in [2.05, 4.69) is 135 Å². The average molecular weight is 1850 g/mol. The summed E-state index contributed by atoms with van der Waals surface area (Å²) >= 11 is 0. The number of aromatic nitrogens is 8. The van der Waals surface area contributed by atoms with Crippen LogP contribution in [0.3, 0.4) is 0 Å². The van der Waals surface area contributed by atoms with Gasteiger partial charge in [-0.2, -0.15) is 0 Å². The van der Waals surface area contributed by atoms with E-state index in [9.17, 15) is 38.4 Å². The van der Waals surface area contributed by atoms with Crippen molar-refractivity contribution >= 4 is 47.3 Å². The molecule has 8 heterocycles. The van der Waals surface area contributed by atoms with Crippen LogP contribution in [0.4, 0.5) is 0 Å². The first-order valence-electron chi connectivity index (χ1n) is 48.0. The van der Waals surface area contributed by atoms with E-state index >= 15 is 0 Å². The highest BCUT2D eigenvalue weighted by Crippen LogP contribution is 2.18. The second kappa shape index (κ2) is 72.8. The molecule has 0 aliphatic carbocycles. The molecule has 8 N–H and O–H groups in total. The van der Waals surface area contributed by atoms with Crippen LogP contribution in [0.25, 0.3) is 0 Å². The predicted molar refractivity (Wildman–Crippen MR) is 514 cm³/mol. The Morgan fingerprint density at radius 1 is 0.242 bits per heavy atom. The summed E-state index contributed by atoms with van der Waals surface area (Å²) in [6.45, 7) is 46.7. The van der Waals surface area contributed by atoms with Gasteiger partial charge in [0, 0.05) is 176 Å². The lowest BCUT2D eigenvalue weighted by Crippen LogP contribution is -2.33. The molecule has 0 aromatic carbocycles. The van der Waals surface area contributed by atoms with Gasteiger partial charge in [-0.15, -0.1) is 0 Å². The first-order chi connectivity index (χ1) is 63.4. The molecule has 8 aromatic rings. The van der Waals surface area contributed by atoms with Gasteiger partial charge in [0.25, 0.3) is 47.3 Å². The molecule has 8 amide bonds. The van der Waals surface area contributed by atoms with Crippen molar-refractivity contribution in [3.8, 4) is 0 Å². The summed E-state index contributed by atoms with van der Waals surface area (Å²) in [5.74, 6) is 4.91. The highest BCUT2D eigenvalue weighted by Gasteiger charge is 2.23. The quantitative estimate of drug-likeness (QED) is 0.0164. The van der Waals surface area contributed by atoms with Gasteiger partial charge in [0.1, 0.15) is 46.1 Å². The third kappa shape index (κ3) is 49.7. The van der Waals surface area contributed by atoms with Crippen molar-refractivity contribution in [2.24, 2.45) is 0 Å². The fourth-order valence-corrected chi connectivity index (χ4v) is 11.9. The monoisotopic (exact) mass is 1850 g/mol. The fraction of sp³-hybridized carbons (Fsp3) is 0.667. The minimum atomic E-state index is -0.180. The van der Waals surface area contributed by atoms with Gasteiger partial charge in [-0.3, -0.25) is 38.4 Å². The van der Waals surface area contributed by atoms with Crippen LogP contribution in [0.2, 0.25) is 0 Å². The largest absolute Gasteiger partial charge is 0.361 e.